The minimum Gasteiger partial charge on any atom is -0.377 e. The van der Waals surface area contributed by atoms with Crippen LogP contribution in [0.1, 0.15) is 29.7 Å². The lowest BCUT2D eigenvalue weighted by molar-refractivity contribution is -0.137. The second-order valence-electron chi connectivity index (χ2n) is 5.41. The number of aromatic nitrogens is 3. The van der Waals surface area contributed by atoms with E-state index in [9.17, 15) is 18.4 Å². The third-order valence-corrected chi connectivity index (χ3v) is 4.09. The van der Waals surface area contributed by atoms with E-state index in [0.29, 0.717) is 26.8 Å². The first-order valence-electron chi connectivity index (χ1n) is 7.15. The van der Waals surface area contributed by atoms with Crippen molar-refractivity contribution in [3.05, 3.63) is 58.1 Å². The molecular weight excluding hydrogens is 399 g/mol. The lowest BCUT2D eigenvalue weighted by Gasteiger charge is -2.18. The molecule has 0 fully saturated rings. The predicted molar refractivity (Wildman–Crippen MR) is 88.9 cm³/mol. The van der Waals surface area contributed by atoms with E-state index in [1.165, 1.54) is 16.9 Å². The number of anilines is 1. The molecule has 1 atom stereocenters. The molecule has 25 heavy (non-hydrogen) atoms. The first kappa shape index (κ1) is 17.2. The van der Waals surface area contributed by atoms with E-state index in [-0.39, 0.29) is 0 Å². The van der Waals surface area contributed by atoms with Crippen LogP contribution in [-0.4, -0.2) is 14.6 Å². The summed E-state index contributed by atoms with van der Waals surface area (Å²) in [5.74, 6) is 0. The summed E-state index contributed by atoms with van der Waals surface area (Å²) < 4.78 is 40.8. The molecule has 3 heterocycles. The number of rotatable bonds is 3. The molecular formula is C16H11BrF3N5. The van der Waals surface area contributed by atoms with Gasteiger partial charge >= 0.3 is 6.18 Å². The normalized spacial score (nSPS) is 12.8. The van der Waals surface area contributed by atoms with E-state index in [2.05, 4.69) is 37.4 Å². The molecule has 0 aromatic carbocycles. The number of halogens is 4. The monoisotopic (exact) mass is 409 g/mol. The smallest absolute Gasteiger partial charge is 0.377 e. The summed E-state index contributed by atoms with van der Waals surface area (Å²) in [7, 11) is 0. The fourth-order valence-electron chi connectivity index (χ4n) is 2.45. The molecule has 3 aromatic rings. The number of pyridine rings is 2. The summed E-state index contributed by atoms with van der Waals surface area (Å²) in [6.07, 6.45) is 0.842. The van der Waals surface area contributed by atoms with Gasteiger partial charge in [0.2, 0.25) is 0 Å². The van der Waals surface area contributed by atoms with Gasteiger partial charge < -0.3 is 5.32 Å². The molecule has 3 rings (SSSR count). The maximum absolute atomic E-state index is 12.9. The quantitative estimate of drug-likeness (QED) is 0.688. The number of hydrogen-bond acceptors (Lipinski definition) is 4. The first-order valence-corrected chi connectivity index (χ1v) is 7.94. The highest BCUT2D eigenvalue weighted by molar-refractivity contribution is 9.10. The van der Waals surface area contributed by atoms with Crippen molar-refractivity contribution in [3.63, 3.8) is 0 Å². The van der Waals surface area contributed by atoms with E-state index in [1.54, 1.807) is 19.2 Å². The zero-order chi connectivity index (χ0) is 18.2. The molecule has 0 spiro atoms. The van der Waals surface area contributed by atoms with Gasteiger partial charge in [-0.25, -0.2) is 4.52 Å². The van der Waals surface area contributed by atoms with Gasteiger partial charge in [-0.3, -0.25) is 4.98 Å². The van der Waals surface area contributed by atoms with Crippen LogP contribution in [0.5, 0.6) is 0 Å². The van der Waals surface area contributed by atoms with Crippen molar-refractivity contribution in [1.29, 1.82) is 5.26 Å². The predicted octanol–water partition coefficient (Wildman–Crippen LogP) is 4.56. The number of nitrogens with zero attached hydrogens (tertiary/aromatic N) is 4. The molecule has 3 aromatic heterocycles. The van der Waals surface area contributed by atoms with Gasteiger partial charge in [0, 0.05) is 23.1 Å². The Morgan fingerprint density at radius 3 is 2.72 bits per heavy atom. The highest BCUT2D eigenvalue weighted by atomic mass is 79.9. The molecule has 1 N–H and O–H groups in total. The Morgan fingerprint density at radius 1 is 1.28 bits per heavy atom. The highest BCUT2D eigenvalue weighted by Crippen LogP contribution is 2.32. The summed E-state index contributed by atoms with van der Waals surface area (Å²) >= 11 is 3.35. The van der Waals surface area contributed by atoms with Gasteiger partial charge in [-0.05, 0) is 40.5 Å². The zero-order valence-corrected chi connectivity index (χ0v) is 14.4. The van der Waals surface area contributed by atoms with Crippen LogP contribution in [0.4, 0.5) is 18.9 Å². The largest absolute Gasteiger partial charge is 0.417 e. The molecule has 0 amide bonds. The van der Waals surface area contributed by atoms with Gasteiger partial charge in [-0.1, -0.05) is 0 Å². The lowest BCUT2D eigenvalue weighted by Crippen LogP contribution is -2.11. The van der Waals surface area contributed by atoms with E-state index in [1.807, 2.05) is 0 Å². The Kier molecular flexibility index (Phi) is 4.39. The molecule has 9 heteroatoms. The van der Waals surface area contributed by atoms with Gasteiger partial charge in [-0.2, -0.15) is 23.5 Å². The van der Waals surface area contributed by atoms with Crippen LogP contribution >= 0.6 is 15.9 Å². The summed E-state index contributed by atoms with van der Waals surface area (Å²) in [4.78, 5) is 3.68. The highest BCUT2D eigenvalue weighted by Gasteiger charge is 2.31. The van der Waals surface area contributed by atoms with Crippen molar-refractivity contribution in [2.45, 2.75) is 19.1 Å². The van der Waals surface area contributed by atoms with Crippen LogP contribution in [0.25, 0.3) is 5.52 Å². The molecule has 0 aliphatic carbocycles. The van der Waals surface area contributed by atoms with E-state index >= 15 is 0 Å². The molecule has 0 saturated heterocycles. The van der Waals surface area contributed by atoms with Crippen molar-refractivity contribution < 1.29 is 13.2 Å². The fraction of sp³-hybridized carbons (Fsp3) is 0.188. The molecule has 0 bridgehead atoms. The van der Waals surface area contributed by atoms with Crippen molar-refractivity contribution in [3.8, 4) is 6.07 Å². The number of nitrogens with one attached hydrogen (secondary N) is 1. The van der Waals surface area contributed by atoms with Crippen LogP contribution in [-0.2, 0) is 6.18 Å². The van der Waals surface area contributed by atoms with Gasteiger partial charge in [0.15, 0.2) is 0 Å². The van der Waals surface area contributed by atoms with Crippen molar-refractivity contribution in [1.82, 2.24) is 14.6 Å². The van der Waals surface area contributed by atoms with Gasteiger partial charge in [0.25, 0.3) is 0 Å². The Hall–Kier alpha value is -2.60. The average Bonchev–Trinajstić information content (AvgIpc) is 2.97. The molecule has 5 nitrogen and oxygen atoms in total. The maximum Gasteiger partial charge on any atom is 0.417 e. The summed E-state index contributed by atoms with van der Waals surface area (Å²) in [6, 6.07) is 4.39. The van der Waals surface area contributed by atoms with Crippen LogP contribution < -0.4 is 5.32 Å². The number of fused-ring (bicyclic) bond motifs is 1. The molecule has 128 valence electrons. The van der Waals surface area contributed by atoms with Gasteiger partial charge in [-0.15, -0.1) is 0 Å². The van der Waals surface area contributed by atoms with E-state index in [4.69, 9.17) is 0 Å². The van der Waals surface area contributed by atoms with Crippen LogP contribution in [0.2, 0.25) is 0 Å². The minimum atomic E-state index is -4.45. The maximum atomic E-state index is 12.9. The van der Waals surface area contributed by atoms with Crippen LogP contribution in [0.3, 0.4) is 0 Å². The van der Waals surface area contributed by atoms with Crippen LogP contribution in [0.15, 0.2) is 41.4 Å². The third-order valence-electron chi connectivity index (χ3n) is 3.66. The second-order valence-corrected chi connectivity index (χ2v) is 6.32. The standard InChI is InChI=1S/C16H11BrF3N5/c1-9(10-2-12(7-22-5-10)16(18,19)20)24-14-3-13(17)8-25-15(14)11(4-21)6-23-25/h2-3,5-9,24H,1H3. The third kappa shape index (κ3) is 3.44. The zero-order valence-electron chi connectivity index (χ0n) is 12.8. The topological polar surface area (TPSA) is 66.0 Å². The Labute approximate surface area is 149 Å². The lowest BCUT2D eigenvalue weighted by atomic mass is 10.1. The van der Waals surface area contributed by atoms with Crippen molar-refractivity contribution in [2.24, 2.45) is 0 Å². The van der Waals surface area contributed by atoms with E-state index < -0.39 is 17.8 Å². The first-order chi connectivity index (χ1) is 11.8. The van der Waals surface area contributed by atoms with Crippen molar-refractivity contribution in [2.75, 3.05) is 5.32 Å². The van der Waals surface area contributed by atoms with Crippen LogP contribution in [0, 0.1) is 11.3 Å². The molecule has 0 saturated carbocycles. The molecule has 0 aliphatic heterocycles. The van der Waals surface area contributed by atoms with Crippen molar-refractivity contribution >= 4 is 27.1 Å². The SMILES string of the molecule is CC(Nc1cc(Br)cn2ncc(C#N)c12)c1cncc(C(F)(F)F)c1. The Morgan fingerprint density at radius 2 is 2.04 bits per heavy atom. The average molecular weight is 410 g/mol. The summed E-state index contributed by atoms with van der Waals surface area (Å²) in [5, 5.41) is 16.5. The minimum absolute atomic E-state index is 0.365. The number of nitriles is 1. The second kappa shape index (κ2) is 6.37. The Bertz CT molecular complexity index is 974. The number of alkyl halides is 3. The summed E-state index contributed by atoms with van der Waals surface area (Å²) in [6.45, 7) is 1.72. The number of hydrogen-bond donors (Lipinski definition) is 1. The van der Waals surface area contributed by atoms with E-state index in [0.717, 1.165) is 12.3 Å². The fourth-order valence-corrected chi connectivity index (χ4v) is 2.87. The molecule has 0 radical (unpaired) electrons. The molecule has 0 aliphatic rings. The summed E-state index contributed by atoms with van der Waals surface area (Å²) in [5.41, 5.74) is 1.07. The Balaban J connectivity index is 1.99. The van der Waals surface area contributed by atoms with Gasteiger partial charge in [0.05, 0.1) is 29.1 Å². The van der Waals surface area contributed by atoms with Gasteiger partial charge in [0.1, 0.15) is 11.6 Å². The molecule has 1 unspecified atom stereocenters.